The third-order valence-electron chi connectivity index (χ3n) is 1.32. The standard InChI is InChI=1S/C6H5N5OS/c12-5(4-1-7-2-8-4)10-6-11-9-3-13-6/h1-3H,(H,7,8)(H,10,11,12). The van der Waals surface area contributed by atoms with E-state index >= 15 is 0 Å². The van der Waals surface area contributed by atoms with Crippen molar-refractivity contribution in [3.8, 4) is 0 Å². The van der Waals surface area contributed by atoms with Gasteiger partial charge in [0.25, 0.3) is 5.91 Å². The van der Waals surface area contributed by atoms with Gasteiger partial charge in [-0.05, 0) is 0 Å². The van der Waals surface area contributed by atoms with E-state index in [0.717, 1.165) is 0 Å². The van der Waals surface area contributed by atoms with Crippen LogP contribution in [0.5, 0.6) is 0 Å². The number of anilines is 1. The van der Waals surface area contributed by atoms with E-state index in [4.69, 9.17) is 0 Å². The maximum atomic E-state index is 11.3. The molecule has 0 saturated heterocycles. The molecule has 2 aromatic rings. The van der Waals surface area contributed by atoms with Crippen molar-refractivity contribution in [3.63, 3.8) is 0 Å². The largest absolute Gasteiger partial charge is 0.341 e. The molecule has 2 rings (SSSR count). The van der Waals surface area contributed by atoms with Crippen LogP contribution in [0.3, 0.4) is 0 Å². The van der Waals surface area contributed by atoms with Gasteiger partial charge >= 0.3 is 0 Å². The summed E-state index contributed by atoms with van der Waals surface area (Å²) in [5.74, 6) is -0.269. The molecule has 0 aliphatic rings. The van der Waals surface area contributed by atoms with Crippen molar-refractivity contribution in [2.45, 2.75) is 0 Å². The van der Waals surface area contributed by atoms with E-state index in [1.54, 1.807) is 5.51 Å². The number of rotatable bonds is 2. The number of aromatic nitrogens is 4. The van der Waals surface area contributed by atoms with Gasteiger partial charge in [-0.25, -0.2) is 4.98 Å². The van der Waals surface area contributed by atoms with E-state index < -0.39 is 0 Å². The maximum Gasteiger partial charge on any atom is 0.275 e. The first-order valence-electron chi connectivity index (χ1n) is 3.42. The van der Waals surface area contributed by atoms with Gasteiger partial charge in [-0.1, -0.05) is 11.3 Å². The van der Waals surface area contributed by atoms with Crippen molar-refractivity contribution in [3.05, 3.63) is 23.7 Å². The van der Waals surface area contributed by atoms with Crippen molar-refractivity contribution >= 4 is 22.4 Å². The quantitative estimate of drug-likeness (QED) is 0.731. The Balaban J connectivity index is 2.08. The van der Waals surface area contributed by atoms with Crippen LogP contribution in [0.2, 0.25) is 0 Å². The maximum absolute atomic E-state index is 11.3. The molecule has 0 bridgehead atoms. The molecule has 0 radical (unpaired) electrons. The second-order valence-corrected chi connectivity index (χ2v) is 3.00. The molecule has 0 atom stereocenters. The highest BCUT2D eigenvalue weighted by Crippen LogP contribution is 2.08. The lowest BCUT2D eigenvalue weighted by Crippen LogP contribution is -2.11. The van der Waals surface area contributed by atoms with E-state index in [1.165, 1.54) is 23.9 Å². The van der Waals surface area contributed by atoms with Crippen LogP contribution in [-0.4, -0.2) is 26.1 Å². The van der Waals surface area contributed by atoms with Crippen molar-refractivity contribution < 1.29 is 4.79 Å². The molecular formula is C6H5N5OS. The highest BCUT2D eigenvalue weighted by Gasteiger charge is 2.07. The zero-order valence-electron chi connectivity index (χ0n) is 6.39. The summed E-state index contributed by atoms with van der Waals surface area (Å²) in [6.07, 6.45) is 2.88. The molecule has 0 spiro atoms. The van der Waals surface area contributed by atoms with E-state index in [2.05, 4.69) is 25.5 Å². The van der Waals surface area contributed by atoms with Crippen LogP contribution in [0.25, 0.3) is 0 Å². The molecule has 0 fully saturated rings. The van der Waals surface area contributed by atoms with Crippen LogP contribution in [0, 0.1) is 0 Å². The van der Waals surface area contributed by atoms with Gasteiger partial charge in [0.2, 0.25) is 5.13 Å². The zero-order valence-corrected chi connectivity index (χ0v) is 7.21. The first-order valence-corrected chi connectivity index (χ1v) is 4.30. The average Bonchev–Trinajstić information content (AvgIpc) is 2.74. The minimum atomic E-state index is -0.269. The van der Waals surface area contributed by atoms with Gasteiger partial charge < -0.3 is 4.98 Å². The van der Waals surface area contributed by atoms with Crippen molar-refractivity contribution in [1.82, 2.24) is 20.2 Å². The number of H-pyrrole nitrogens is 1. The fraction of sp³-hybridized carbons (Fsp3) is 0. The van der Waals surface area contributed by atoms with Crippen LogP contribution in [0.15, 0.2) is 18.0 Å². The molecule has 2 heterocycles. The first-order chi connectivity index (χ1) is 6.36. The van der Waals surface area contributed by atoms with Crippen molar-refractivity contribution in [1.29, 1.82) is 0 Å². The number of amides is 1. The Hall–Kier alpha value is -1.76. The predicted octanol–water partition coefficient (Wildman–Crippen LogP) is 0.513. The minimum Gasteiger partial charge on any atom is -0.341 e. The number of nitrogens with one attached hydrogen (secondary N) is 2. The smallest absolute Gasteiger partial charge is 0.275 e. The van der Waals surface area contributed by atoms with Crippen LogP contribution in [0.1, 0.15) is 10.5 Å². The summed E-state index contributed by atoms with van der Waals surface area (Å²) in [5.41, 5.74) is 1.94. The first kappa shape index (κ1) is 7.87. The number of hydrogen-bond donors (Lipinski definition) is 2. The lowest BCUT2D eigenvalue weighted by molar-refractivity contribution is 0.102. The summed E-state index contributed by atoms with van der Waals surface area (Å²) >= 11 is 1.26. The molecule has 0 aliphatic heterocycles. The van der Waals surface area contributed by atoms with E-state index in [9.17, 15) is 4.79 Å². The summed E-state index contributed by atoms with van der Waals surface area (Å²) < 4.78 is 0. The Labute approximate surface area is 77.0 Å². The summed E-state index contributed by atoms with van der Waals surface area (Å²) in [7, 11) is 0. The molecule has 0 unspecified atom stereocenters. The molecule has 0 aliphatic carbocycles. The highest BCUT2D eigenvalue weighted by atomic mass is 32.1. The van der Waals surface area contributed by atoms with Gasteiger partial charge in [-0.2, -0.15) is 0 Å². The third kappa shape index (κ3) is 1.70. The van der Waals surface area contributed by atoms with Gasteiger partial charge in [-0.15, -0.1) is 10.2 Å². The Morgan fingerprint density at radius 2 is 2.54 bits per heavy atom. The molecule has 2 N–H and O–H groups in total. The van der Waals surface area contributed by atoms with Gasteiger partial charge in [0.15, 0.2) is 0 Å². The van der Waals surface area contributed by atoms with Gasteiger partial charge in [0.1, 0.15) is 11.2 Å². The second kappa shape index (κ2) is 3.31. The van der Waals surface area contributed by atoms with Crippen LogP contribution < -0.4 is 5.32 Å². The van der Waals surface area contributed by atoms with Gasteiger partial charge in [0.05, 0.1) is 12.5 Å². The van der Waals surface area contributed by atoms with E-state index in [-0.39, 0.29) is 5.91 Å². The van der Waals surface area contributed by atoms with Crippen LogP contribution >= 0.6 is 11.3 Å². The summed E-state index contributed by atoms with van der Waals surface area (Å²) in [6.45, 7) is 0. The molecule has 13 heavy (non-hydrogen) atoms. The molecule has 2 aromatic heterocycles. The zero-order chi connectivity index (χ0) is 9.10. The number of carbonyl (C=O) groups excluding carboxylic acids is 1. The molecule has 7 heteroatoms. The summed E-state index contributed by atoms with van der Waals surface area (Å²) in [5, 5.41) is 10.3. The van der Waals surface area contributed by atoms with Crippen LogP contribution in [-0.2, 0) is 0 Å². The van der Waals surface area contributed by atoms with Gasteiger partial charge in [0, 0.05) is 0 Å². The molecule has 1 amide bonds. The lowest BCUT2D eigenvalue weighted by Gasteiger charge is -1.95. The van der Waals surface area contributed by atoms with Crippen molar-refractivity contribution in [2.75, 3.05) is 5.32 Å². The molecule has 0 saturated carbocycles. The predicted molar refractivity (Wildman–Crippen MR) is 46.4 cm³/mol. The van der Waals surface area contributed by atoms with Crippen molar-refractivity contribution in [2.24, 2.45) is 0 Å². The average molecular weight is 195 g/mol. The molecular weight excluding hydrogens is 190 g/mol. The van der Waals surface area contributed by atoms with Gasteiger partial charge in [-0.3, -0.25) is 10.1 Å². The Morgan fingerprint density at radius 3 is 3.15 bits per heavy atom. The number of imidazole rings is 1. The number of nitrogens with zero attached hydrogens (tertiary/aromatic N) is 3. The lowest BCUT2D eigenvalue weighted by atomic mass is 10.4. The fourth-order valence-corrected chi connectivity index (χ4v) is 1.21. The SMILES string of the molecule is O=C(Nc1nncs1)c1cnc[nH]1. The Kier molecular flexibility index (Phi) is 2.01. The normalized spacial score (nSPS) is 9.85. The fourth-order valence-electron chi connectivity index (χ4n) is 0.772. The van der Waals surface area contributed by atoms with E-state index in [0.29, 0.717) is 10.8 Å². The molecule has 6 nitrogen and oxygen atoms in total. The monoisotopic (exact) mass is 195 g/mol. The number of hydrogen-bond acceptors (Lipinski definition) is 5. The van der Waals surface area contributed by atoms with E-state index in [1.807, 2.05) is 0 Å². The summed E-state index contributed by atoms with van der Waals surface area (Å²) in [4.78, 5) is 17.7. The molecule has 0 aromatic carbocycles. The number of carbonyl (C=O) groups is 1. The summed E-state index contributed by atoms with van der Waals surface area (Å²) in [6, 6.07) is 0. The highest BCUT2D eigenvalue weighted by molar-refractivity contribution is 7.13. The Bertz CT molecular complexity index is 381. The van der Waals surface area contributed by atoms with Crippen LogP contribution in [0.4, 0.5) is 5.13 Å². The second-order valence-electron chi connectivity index (χ2n) is 2.16. The molecule has 66 valence electrons. The Morgan fingerprint density at radius 1 is 1.62 bits per heavy atom. The number of aromatic amines is 1. The third-order valence-corrected chi connectivity index (χ3v) is 1.93. The topological polar surface area (TPSA) is 83.6 Å². The minimum absolute atomic E-state index is 0.269.